The zero-order valence-corrected chi connectivity index (χ0v) is 6.13. The number of carboxylic acid groups (broad SMARTS) is 1. The molecule has 0 aliphatic heterocycles. The predicted octanol–water partition coefficient (Wildman–Crippen LogP) is -0.749. The van der Waals surface area contributed by atoms with E-state index < -0.39 is 17.8 Å². The van der Waals surface area contributed by atoms with Gasteiger partial charge in [-0.3, -0.25) is 14.9 Å². The summed E-state index contributed by atoms with van der Waals surface area (Å²) in [7, 11) is 0. The minimum Gasteiger partial charge on any atom is -0.480 e. The molecule has 0 radical (unpaired) electrons. The molecule has 11 heavy (non-hydrogen) atoms. The first-order valence-electron chi connectivity index (χ1n) is 2.99. The first-order chi connectivity index (χ1) is 5.09. The molecule has 0 fully saturated rings. The molecule has 1 atom stereocenters. The Morgan fingerprint density at radius 3 is 2.55 bits per heavy atom. The third-order valence-corrected chi connectivity index (χ3v) is 1.06. The molecular weight excluding hydrogens is 146 g/mol. The lowest BCUT2D eigenvalue weighted by Crippen LogP contribution is -2.42. The number of Topliss-reactive ketones (excluding diaryl/α,β-unsaturated/α-hetero) is 1. The zero-order valence-electron chi connectivity index (χ0n) is 6.13. The second-order valence-electron chi connectivity index (χ2n) is 1.97. The SMILES string of the molecule is C#CCNC(C(C)=O)C(=O)O. The van der Waals surface area contributed by atoms with Crippen LogP contribution in [-0.4, -0.2) is 29.4 Å². The van der Waals surface area contributed by atoms with Crippen LogP contribution in [0.4, 0.5) is 0 Å². The van der Waals surface area contributed by atoms with Gasteiger partial charge in [0, 0.05) is 0 Å². The number of aliphatic carboxylic acids is 1. The van der Waals surface area contributed by atoms with E-state index in [4.69, 9.17) is 11.5 Å². The van der Waals surface area contributed by atoms with E-state index in [2.05, 4.69) is 11.2 Å². The second kappa shape index (κ2) is 4.47. The highest BCUT2D eigenvalue weighted by Crippen LogP contribution is 1.84. The fourth-order valence-corrected chi connectivity index (χ4v) is 0.566. The molecule has 1 unspecified atom stereocenters. The maximum absolute atomic E-state index is 10.6. The lowest BCUT2D eigenvalue weighted by molar-refractivity contribution is -0.142. The molecule has 4 nitrogen and oxygen atoms in total. The largest absolute Gasteiger partial charge is 0.480 e. The van der Waals surface area contributed by atoms with Crippen LogP contribution in [0.5, 0.6) is 0 Å². The Hall–Kier alpha value is -1.34. The molecule has 0 rings (SSSR count). The number of hydrogen-bond donors (Lipinski definition) is 2. The number of hydrogen-bond acceptors (Lipinski definition) is 3. The Labute approximate surface area is 64.6 Å². The molecule has 0 saturated heterocycles. The normalized spacial score (nSPS) is 11.6. The Morgan fingerprint density at radius 1 is 1.73 bits per heavy atom. The molecule has 60 valence electrons. The quantitative estimate of drug-likeness (QED) is 0.414. The number of rotatable bonds is 4. The van der Waals surface area contributed by atoms with Crippen molar-refractivity contribution in [3.8, 4) is 12.3 Å². The van der Waals surface area contributed by atoms with E-state index in [0.717, 1.165) is 0 Å². The van der Waals surface area contributed by atoms with Gasteiger partial charge in [0.2, 0.25) is 0 Å². The minimum atomic E-state index is -1.20. The lowest BCUT2D eigenvalue weighted by atomic mass is 10.2. The zero-order chi connectivity index (χ0) is 8.85. The average molecular weight is 155 g/mol. The van der Waals surface area contributed by atoms with E-state index in [0.29, 0.717) is 0 Å². The summed E-state index contributed by atoms with van der Waals surface area (Å²) in [4.78, 5) is 20.9. The van der Waals surface area contributed by atoms with Crippen molar-refractivity contribution in [2.75, 3.05) is 6.54 Å². The first-order valence-corrected chi connectivity index (χ1v) is 2.99. The van der Waals surface area contributed by atoms with Crippen LogP contribution in [0.2, 0.25) is 0 Å². The average Bonchev–Trinajstić information content (AvgIpc) is 1.87. The van der Waals surface area contributed by atoms with Gasteiger partial charge in [-0.05, 0) is 6.92 Å². The fraction of sp³-hybridized carbons (Fsp3) is 0.429. The number of nitrogens with one attached hydrogen (secondary N) is 1. The van der Waals surface area contributed by atoms with Gasteiger partial charge in [0.05, 0.1) is 6.54 Å². The van der Waals surface area contributed by atoms with Gasteiger partial charge in [-0.15, -0.1) is 6.42 Å². The highest BCUT2D eigenvalue weighted by molar-refractivity contribution is 6.01. The molecule has 0 aromatic heterocycles. The highest BCUT2D eigenvalue weighted by atomic mass is 16.4. The molecule has 0 aliphatic rings. The summed E-state index contributed by atoms with van der Waals surface area (Å²) in [6, 6.07) is -1.17. The Kier molecular flexibility index (Phi) is 3.93. The number of carboxylic acids is 1. The topological polar surface area (TPSA) is 66.4 Å². The van der Waals surface area contributed by atoms with Gasteiger partial charge in [0.1, 0.15) is 0 Å². The van der Waals surface area contributed by atoms with Crippen molar-refractivity contribution in [3.05, 3.63) is 0 Å². The van der Waals surface area contributed by atoms with E-state index >= 15 is 0 Å². The number of ketones is 1. The van der Waals surface area contributed by atoms with E-state index in [1.54, 1.807) is 0 Å². The van der Waals surface area contributed by atoms with Crippen molar-refractivity contribution in [1.29, 1.82) is 0 Å². The van der Waals surface area contributed by atoms with Crippen molar-refractivity contribution < 1.29 is 14.7 Å². The van der Waals surface area contributed by atoms with Gasteiger partial charge in [-0.1, -0.05) is 5.92 Å². The highest BCUT2D eigenvalue weighted by Gasteiger charge is 2.20. The standard InChI is InChI=1S/C7H9NO3/c1-3-4-8-6(5(2)9)7(10)11/h1,6,8H,4H2,2H3,(H,10,11). The third-order valence-electron chi connectivity index (χ3n) is 1.06. The van der Waals surface area contributed by atoms with E-state index in [9.17, 15) is 9.59 Å². The number of terminal acetylenes is 1. The molecule has 0 aromatic carbocycles. The van der Waals surface area contributed by atoms with E-state index in [1.165, 1.54) is 6.92 Å². The summed E-state index contributed by atoms with van der Waals surface area (Å²) >= 11 is 0. The summed E-state index contributed by atoms with van der Waals surface area (Å²) < 4.78 is 0. The van der Waals surface area contributed by atoms with Crippen LogP contribution < -0.4 is 5.32 Å². The van der Waals surface area contributed by atoms with Crippen LogP contribution in [-0.2, 0) is 9.59 Å². The van der Waals surface area contributed by atoms with Gasteiger partial charge < -0.3 is 5.11 Å². The third kappa shape index (κ3) is 3.38. The summed E-state index contributed by atoms with van der Waals surface area (Å²) in [6.07, 6.45) is 4.86. The molecule has 2 N–H and O–H groups in total. The monoisotopic (exact) mass is 155 g/mol. The summed E-state index contributed by atoms with van der Waals surface area (Å²) in [5, 5.41) is 10.8. The lowest BCUT2D eigenvalue weighted by Gasteiger charge is -2.07. The smallest absolute Gasteiger partial charge is 0.328 e. The van der Waals surface area contributed by atoms with Gasteiger partial charge in [-0.2, -0.15) is 0 Å². The molecule has 0 saturated carbocycles. The molecule has 0 amide bonds. The van der Waals surface area contributed by atoms with Gasteiger partial charge in [-0.25, -0.2) is 0 Å². The molecule has 4 heteroatoms. The van der Waals surface area contributed by atoms with Crippen molar-refractivity contribution in [2.24, 2.45) is 0 Å². The molecule has 0 spiro atoms. The number of carbonyl (C=O) groups excluding carboxylic acids is 1. The van der Waals surface area contributed by atoms with E-state index in [-0.39, 0.29) is 6.54 Å². The molecule has 0 aliphatic carbocycles. The van der Waals surface area contributed by atoms with Gasteiger partial charge in [0.25, 0.3) is 0 Å². The van der Waals surface area contributed by atoms with Crippen LogP contribution in [0.1, 0.15) is 6.92 Å². The van der Waals surface area contributed by atoms with Gasteiger partial charge in [0.15, 0.2) is 11.8 Å². The Morgan fingerprint density at radius 2 is 2.27 bits per heavy atom. The summed E-state index contributed by atoms with van der Waals surface area (Å²) in [5.74, 6) is 0.529. The summed E-state index contributed by atoms with van der Waals surface area (Å²) in [5.41, 5.74) is 0. The Bertz CT molecular complexity index is 190. The van der Waals surface area contributed by atoms with Crippen molar-refractivity contribution in [2.45, 2.75) is 13.0 Å². The maximum atomic E-state index is 10.6. The first kappa shape index (κ1) is 9.66. The minimum absolute atomic E-state index is 0.0799. The maximum Gasteiger partial charge on any atom is 0.328 e. The van der Waals surface area contributed by atoms with E-state index in [1.807, 2.05) is 0 Å². The molecule has 0 bridgehead atoms. The molecule has 0 heterocycles. The van der Waals surface area contributed by atoms with Crippen LogP contribution >= 0.6 is 0 Å². The van der Waals surface area contributed by atoms with Crippen LogP contribution in [0.25, 0.3) is 0 Å². The molecule has 0 aromatic rings. The van der Waals surface area contributed by atoms with Crippen LogP contribution in [0, 0.1) is 12.3 Å². The predicted molar refractivity (Wildman–Crippen MR) is 38.9 cm³/mol. The number of carbonyl (C=O) groups is 2. The Balaban J connectivity index is 4.03. The summed E-state index contributed by atoms with van der Waals surface area (Å²) in [6.45, 7) is 1.28. The second-order valence-corrected chi connectivity index (χ2v) is 1.97. The van der Waals surface area contributed by atoms with Gasteiger partial charge >= 0.3 is 5.97 Å². The van der Waals surface area contributed by atoms with Crippen LogP contribution in [0.3, 0.4) is 0 Å². The van der Waals surface area contributed by atoms with Crippen LogP contribution in [0.15, 0.2) is 0 Å². The van der Waals surface area contributed by atoms with Crippen molar-refractivity contribution >= 4 is 11.8 Å². The molecular formula is C7H9NO3. The fourth-order valence-electron chi connectivity index (χ4n) is 0.566. The van der Waals surface area contributed by atoms with Crippen molar-refractivity contribution in [1.82, 2.24) is 5.32 Å². The van der Waals surface area contributed by atoms with Crippen molar-refractivity contribution in [3.63, 3.8) is 0 Å².